The molecule has 1 aliphatic carbocycles. The molecule has 1 aliphatic rings. The molecule has 17 heavy (non-hydrogen) atoms. The standard InChI is InChI=1S/C13H14ClFO2/c1-13(6-2-3-11(16)12(13)17)9-7-8(14)4-5-10(9)15/h4-5,7,11,16H,2-3,6H2,1H3. The van der Waals surface area contributed by atoms with Crippen molar-refractivity contribution >= 4 is 17.4 Å². The molecule has 1 aromatic rings. The maximum atomic E-state index is 13.8. The summed E-state index contributed by atoms with van der Waals surface area (Å²) in [5, 5.41) is 10.0. The summed E-state index contributed by atoms with van der Waals surface area (Å²) in [5.41, 5.74) is -0.680. The van der Waals surface area contributed by atoms with Crippen LogP contribution in [0, 0.1) is 5.82 Å². The van der Waals surface area contributed by atoms with E-state index in [9.17, 15) is 14.3 Å². The molecule has 2 unspecified atom stereocenters. The summed E-state index contributed by atoms with van der Waals surface area (Å²) in [6, 6.07) is 4.19. The van der Waals surface area contributed by atoms with Crippen molar-refractivity contribution in [2.45, 2.75) is 37.7 Å². The number of aliphatic hydroxyl groups is 1. The second-order valence-corrected chi connectivity index (χ2v) is 5.16. The Labute approximate surface area is 104 Å². The van der Waals surface area contributed by atoms with E-state index in [1.807, 2.05) is 0 Å². The minimum Gasteiger partial charge on any atom is -0.385 e. The number of rotatable bonds is 1. The van der Waals surface area contributed by atoms with Crippen LogP contribution in [0.15, 0.2) is 18.2 Å². The summed E-state index contributed by atoms with van der Waals surface area (Å²) < 4.78 is 13.8. The lowest BCUT2D eigenvalue weighted by Gasteiger charge is -2.35. The van der Waals surface area contributed by atoms with Gasteiger partial charge in [-0.3, -0.25) is 4.79 Å². The van der Waals surface area contributed by atoms with E-state index in [0.29, 0.717) is 24.3 Å². The fraction of sp³-hybridized carbons (Fsp3) is 0.462. The maximum Gasteiger partial charge on any atom is 0.171 e. The first-order valence-electron chi connectivity index (χ1n) is 5.63. The zero-order valence-corrected chi connectivity index (χ0v) is 10.3. The van der Waals surface area contributed by atoms with Crippen molar-refractivity contribution in [1.82, 2.24) is 0 Å². The number of halogens is 2. The largest absolute Gasteiger partial charge is 0.385 e. The predicted octanol–water partition coefficient (Wildman–Crippen LogP) is 2.85. The quantitative estimate of drug-likeness (QED) is 0.839. The highest BCUT2D eigenvalue weighted by atomic mass is 35.5. The van der Waals surface area contributed by atoms with E-state index in [1.165, 1.54) is 18.2 Å². The van der Waals surface area contributed by atoms with Crippen molar-refractivity contribution in [1.29, 1.82) is 0 Å². The fourth-order valence-corrected chi connectivity index (χ4v) is 2.63. The van der Waals surface area contributed by atoms with Gasteiger partial charge in [-0.05, 0) is 44.4 Å². The Bertz CT molecular complexity index is 461. The minimum absolute atomic E-state index is 0.286. The summed E-state index contributed by atoms with van der Waals surface area (Å²) in [4.78, 5) is 12.1. The smallest absolute Gasteiger partial charge is 0.171 e. The summed E-state index contributed by atoms with van der Waals surface area (Å²) in [5.74, 6) is -0.760. The first-order chi connectivity index (χ1) is 7.95. The zero-order chi connectivity index (χ0) is 12.6. The minimum atomic E-state index is -0.993. The molecule has 0 radical (unpaired) electrons. The highest BCUT2D eigenvalue weighted by molar-refractivity contribution is 6.30. The first kappa shape index (κ1) is 12.5. The predicted molar refractivity (Wildman–Crippen MR) is 63.6 cm³/mol. The van der Waals surface area contributed by atoms with Gasteiger partial charge in [0.05, 0.1) is 5.41 Å². The Morgan fingerprint density at radius 1 is 1.53 bits per heavy atom. The first-order valence-corrected chi connectivity index (χ1v) is 6.01. The van der Waals surface area contributed by atoms with E-state index in [0.717, 1.165) is 0 Å². The SMILES string of the molecule is CC1(c2cc(Cl)ccc2F)CCCC(O)C1=O. The van der Waals surface area contributed by atoms with Crippen molar-refractivity contribution in [3.8, 4) is 0 Å². The molecule has 2 nitrogen and oxygen atoms in total. The van der Waals surface area contributed by atoms with Gasteiger partial charge in [-0.1, -0.05) is 11.6 Å². The van der Waals surface area contributed by atoms with Gasteiger partial charge in [0.25, 0.3) is 0 Å². The lowest BCUT2D eigenvalue weighted by Crippen LogP contribution is -2.44. The molecule has 92 valence electrons. The third-order valence-corrected chi connectivity index (χ3v) is 3.76. The number of hydrogen-bond donors (Lipinski definition) is 1. The van der Waals surface area contributed by atoms with Crippen molar-refractivity contribution in [3.63, 3.8) is 0 Å². The Morgan fingerprint density at radius 3 is 2.94 bits per heavy atom. The molecule has 4 heteroatoms. The molecule has 0 heterocycles. The van der Waals surface area contributed by atoms with E-state index >= 15 is 0 Å². The third kappa shape index (κ3) is 2.09. The average molecular weight is 257 g/mol. The fourth-order valence-electron chi connectivity index (χ4n) is 2.46. The van der Waals surface area contributed by atoms with Gasteiger partial charge in [-0.15, -0.1) is 0 Å². The number of ketones is 1. The molecular weight excluding hydrogens is 243 g/mol. The molecule has 0 amide bonds. The van der Waals surface area contributed by atoms with Gasteiger partial charge >= 0.3 is 0 Å². The maximum absolute atomic E-state index is 13.8. The molecule has 0 saturated heterocycles. The molecule has 2 rings (SSSR count). The number of hydrogen-bond acceptors (Lipinski definition) is 2. The number of Topliss-reactive ketones (excluding diaryl/α,β-unsaturated/α-hetero) is 1. The average Bonchev–Trinajstić information content (AvgIpc) is 2.29. The van der Waals surface area contributed by atoms with E-state index in [4.69, 9.17) is 11.6 Å². The molecule has 0 spiro atoms. The van der Waals surface area contributed by atoms with Crippen molar-refractivity contribution < 1.29 is 14.3 Å². The summed E-state index contributed by atoms with van der Waals surface area (Å²) in [6.07, 6.45) is 0.707. The van der Waals surface area contributed by atoms with E-state index in [2.05, 4.69) is 0 Å². The Kier molecular flexibility index (Phi) is 3.23. The molecule has 1 N–H and O–H groups in total. The van der Waals surface area contributed by atoms with Gasteiger partial charge in [0.1, 0.15) is 11.9 Å². The number of carbonyl (C=O) groups is 1. The van der Waals surface area contributed by atoms with Gasteiger partial charge in [0, 0.05) is 10.6 Å². The normalized spacial score (nSPS) is 29.4. The number of carbonyl (C=O) groups excluding carboxylic acids is 1. The molecule has 1 saturated carbocycles. The van der Waals surface area contributed by atoms with Gasteiger partial charge in [0.2, 0.25) is 0 Å². The molecular formula is C13H14ClFO2. The van der Waals surface area contributed by atoms with Crippen LogP contribution in [-0.4, -0.2) is 17.0 Å². The van der Waals surface area contributed by atoms with Crippen molar-refractivity contribution in [3.05, 3.63) is 34.6 Å². The van der Waals surface area contributed by atoms with E-state index in [-0.39, 0.29) is 11.3 Å². The lowest BCUT2D eigenvalue weighted by atomic mass is 9.69. The number of benzene rings is 1. The highest BCUT2D eigenvalue weighted by Crippen LogP contribution is 2.38. The van der Waals surface area contributed by atoms with Crippen LogP contribution < -0.4 is 0 Å². The van der Waals surface area contributed by atoms with Crippen LogP contribution in [0.2, 0.25) is 5.02 Å². The molecule has 0 aromatic heterocycles. The Balaban J connectivity index is 2.50. The number of aliphatic hydroxyl groups excluding tert-OH is 1. The third-order valence-electron chi connectivity index (χ3n) is 3.52. The van der Waals surface area contributed by atoms with Crippen LogP contribution >= 0.6 is 11.6 Å². The van der Waals surface area contributed by atoms with Crippen LogP contribution in [0.5, 0.6) is 0 Å². The molecule has 0 bridgehead atoms. The van der Waals surface area contributed by atoms with Gasteiger partial charge in [0.15, 0.2) is 5.78 Å². The second-order valence-electron chi connectivity index (χ2n) is 4.73. The van der Waals surface area contributed by atoms with Crippen molar-refractivity contribution in [2.24, 2.45) is 0 Å². The topological polar surface area (TPSA) is 37.3 Å². The van der Waals surface area contributed by atoms with E-state index < -0.39 is 17.3 Å². The Morgan fingerprint density at radius 2 is 2.24 bits per heavy atom. The molecule has 0 aliphatic heterocycles. The van der Waals surface area contributed by atoms with Gasteiger partial charge in [-0.2, -0.15) is 0 Å². The lowest BCUT2D eigenvalue weighted by molar-refractivity contribution is -0.135. The molecule has 2 atom stereocenters. The Hall–Kier alpha value is -0.930. The second kappa shape index (κ2) is 4.39. The van der Waals surface area contributed by atoms with Crippen LogP contribution in [0.1, 0.15) is 31.7 Å². The molecule has 1 aromatic carbocycles. The van der Waals surface area contributed by atoms with Crippen LogP contribution in [-0.2, 0) is 10.2 Å². The van der Waals surface area contributed by atoms with Crippen molar-refractivity contribution in [2.75, 3.05) is 0 Å². The summed E-state index contributed by atoms with van der Waals surface area (Å²) in [6.45, 7) is 1.67. The monoisotopic (exact) mass is 256 g/mol. The zero-order valence-electron chi connectivity index (χ0n) is 9.54. The summed E-state index contributed by atoms with van der Waals surface area (Å²) >= 11 is 5.84. The highest BCUT2D eigenvalue weighted by Gasteiger charge is 2.43. The molecule has 1 fully saturated rings. The van der Waals surface area contributed by atoms with E-state index in [1.54, 1.807) is 6.92 Å². The van der Waals surface area contributed by atoms with Crippen LogP contribution in [0.4, 0.5) is 4.39 Å². The summed E-state index contributed by atoms with van der Waals surface area (Å²) in [7, 11) is 0. The van der Waals surface area contributed by atoms with Gasteiger partial charge < -0.3 is 5.11 Å². The van der Waals surface area contributed by atoms with Gasteiger partial charge in [-0.25, -0.2) is 4.39 Å². The van der Waals surface area contributed by atoms with Crippen LogP contribution in [0.25, 0.3) is 0 Å². The van der Waals surface area contributed by atoms with Crippen LogP contribution in [0.3, 0.4) is 0 Å².